The molecule has 3 rings (SSSR count). The van der Waals surface area contributed by atoms with E-state index in [2.05, 4.69) is 5.32 Å². The number of hydrogen-bond donors (Lipinski definition) is 2. The first-order valence-corrected chi connectivity index (χ1v) is 7.40. The molecule has 110 valence electrons. The van der Waals surface area contributed by atoms with E-state index in [0.29, 0.717) is 0 Å². The van der Waals surface area contributed by atoms with Gasteiger partial charge in [0.25, 0.3) is 17.7 Å². The van der Waals surface area contributed by atoms with Crippen LogP contribution in [-0.2, 0) is 9.59 Å². The topological polar surface area (TPSA) is 110 Å². The molecule has 2 aliphatic rings. The van der Waals surface area contributed by atoms with Gasteiger partial charge in [-0.25, -0.2) is 0 Å². The predicted octanol–water partition coefficient (Wildman–Crippen LogP) is 0.512. The van der Waals surface area contributed by atoms with Gasteiger partial charge in [-0.15, -0.1) is 11.3 Å². The van der Waals surface area contributed by atoms with E-state index in [1.165, 1.54) is 5.38 Å². The lowest BCUT2D eigenvalue weighted by Gasteiger charge is -2.40. The summed E-state index contributed by atoms with van der Waals surface area (Å²) in [6.07, 6.45) is 0.482. The van der Waals surface area contributed by atoms with Crippen molar-refractivity contribution in [2.24, 2.45) is 0 Å². The van der Waals surface area contributed by atoms with Crippen LogP contribution in [0.25, 0.3) is 0 Å². The highest BCUT2D eigenvalue weighted by molar-refractivity contribution is 7.14. The Labute approximate surface area is 124 Å². The van der Waals surface area contributed by atoms with Crippen molar-refractivity contribution in [1.82, 2.24) is 10.2 Å². The Kier molecular flexibility index (Phi) is 2.87. The van der Waals surface area contributed by atoms with E-state index in [-0.39, 0.29) is 35.4 Å². The standard InChI is InChI=1S/C13H13N3O4S/c1-2-13(4-3-7(17)15-12(13)20)16-10(18)6-5-21-9(14)8(6)11(16)19/h5H,2-4,14H2,1H3,(H,15,17,20). The number of anilines is 1. The molecule has 1 atom stereocenters. The number of hydrogen-bond acceptors (Lipinski definition) is 6. The first-order valence-electron chi connectivity index (χ1n) is 6.52. The molecular weight excluding hydrogens is 294 g/mol. The van der Waals surface area contributed by atoms with E-state index in [9.17, 15) is 19.2 Å². The van der Waals surface area contributed by atoms with Crippen LogP contribution in [-0.4, -0.2) is 34.1 Å². The van der Waals surface area contributed by atoms with Gasteiger partial charge in [0, 0.05) is 11.8 Å². The molecule has 3 N–H and O–H groups in total. The minimum absolute atomic E-state index is 0.0962. The molecule has 0 spiro atoms. The summed E-state index contributed by atoms with van der Waals surface area (Å²) >= 11 is 1.13. The van der Waals surface area contributed by atoms with Crippen LogP contribution >= 0.6 is 11.3 Å². The Balaban J connectivity index is 2.08. The summed E-state index contributed by atoms with van der Waals surface area (Å²) in [7, 11) is 0. The highest BCUT2D eigenvalue weighted by atomic mass is 32.1. The van der Waals surface area contributed by atoms with E-state index in [0.717, 1.165) is 16.2 Å². The molecule has 0 saturated carbocycles. The van der Waals surface area contributed by atoms with Crippen LogP contribution in [0.2, 0.25) is 0 Å². The Morgan fingerprint density at radius 1 is 1.33 bits per heavy atom. The normalized spacial score (nSPS) is 25.3. The fourth-order valence-electron chi connectivity index (χ4n) is 2.91. The number of nitrogen functional groups attached to an aromatic ring is 1. The van der Waals surface area contributed by atoms with Crippen molar-refractivity contribution in [1.29, 1.82) is 0 Å². The predicted molar refractivity (Wildman–Crippen MR) is 74.6 cm³/mol. The molecule has 8 heteroatoms. The van der Waals surface area contributed by atoms with Crippen LogP contribution in [0.15, 0.2) is 5.38 Å². The van der Waals surface area contributed by atoms with Gasteiger partial charge < -0.3 is 5.73 Å². The van der Waals surface area contributed by atoms with Gasteiger partial charge >= 0.3 is 0 Å². The van der Waals surface area contributed by atoms with Crippen molar-refractivity contribution in [2.45, 2.75) is 31.7 Å². The second-order valence-electron chi connectivity index (χ2n) is 5.10. The van der Waals surface area contributed by atoms with Gasteiger partial charge in [-0.05, 0) is 12.8 Å². The zero-order chi connectivity index (χ0) is 15.4. The van der Waals surface area contributed by atoms with E-state index in [1.807, 2.05) is 0 Å². The average Bonchev–Trinajstić information content (AvgIpc) is 2.93. The number of rotatable bonds is 2. The molecule has 0 bridgehead atoms. The third kappa shape index (κ3) is 1.65. The largest absolute Gasteiger partial charge is 0.390 e. The van der Waals surface area contributed by atoms with Crippen LogP contribution in [0, 0.1) is 0 Å². The molecule has 1 unspecified atom stereocenters. The fourth-order valence-corrected chi connectivity index (χ4v) is 3.69. The zero-order valence-electron chi connectivity index (χ0n) is 11.3. The van der Waals surface area contributed by atoms with Crippen molar-refractivity contribution in [2.75, 3.05) is 5.73 Å². The monoisotopic (exact) mass is 307 g/mol. The van der Waals surface area contributed by atoms with E-state index in [4.69, 9.17) is 5.73 Å². The van der Waals surface area contributed by atoms with Crippen molar-refractivity contribution < 1.29 is 19.2 Å². The molecule has 0 aliphatic carbocycles. The molecule has 3 heterocycles. The first-order chi connectivity index (χ1) is 9.92. The third-order valence-electron chi connectivity index (χ3n) is 4.12. The van der Waals surface area contributed by atoms with Crippen molar-refractivity contribution in [3.05, 3.63) is 16.5 Å². The molecule has 1 aromatic rings. The minimum Gasteiger partial charge on any atom is -0.390 e. The minimum atomic E-state index is -1.31. The van der Waals surface area contributed by atoms with Gasteiger partial charge in [0.05, 0.1) is 16.1 Å². The molecule has 0 radical (unpaired) electrons. The van der Waals surface area contributed by atoms with Crippen molar-refractivity contribution >= 4 is 40.0 Å². The highest BCUT2D eigenvalue weighted by Gasteiger charge is 2.55. The van der Waals surface area contributed by atoms with Crippen LogP contribution in [0.1, 0.15) is 46.9 Å². The first kappa shape index (κ1) is 13.7. The molecule has 1 saturated heterocycles. The third-order valence-corrected chi connectivity index (χ3v) is 4.94. The summed E-state index contributed by atoms with van der Waals surface area (Å²) in [5, 5.41) is 4.02. The summed E-state index contributed by atoms with van der Waals surface area (Å²) in [6.45, 7) is 1.71. The summed E-state index contributed by atoms with van der Waals surface area (Å²) in [6, 6.07) is 0. The highest BCUT2D eigenvalue weighted by Crippen LogP contribution is 2.40. The van der Waals surface area contributed by atoms with Crippen molar-refractivity contribution in [3.8, 4) is 0 Å². The van der Waals surface area contributed by atoms with Crippen LogP contribution in [0.4, 0.5) is 5.00 Å². The maximum Gasteiger partial charge on any atom is 0.265 e. The van der Waals surface area contributed by atoms with Gasteiger partial charge in [0.2, 0.25) is 5.91 Å². The fraction of sp³-hybridized carbons (Fsp3) is 0.385. The Hall–Kier alpha value is -2.22. The summed E-state index contributed by atoms with van der Waals surface area (Å²) in [4.78, 5) is 49.6. The maximum atomic E-state index is 12.5. The van der Waals surface area contributed by atoms with E-state index >= 15 is 0 Å². The second kappa shape index (κ2) is 4.39. The molecule has 1 fully saturated rings. The lowest BCUT2D eigenvalue weighted by molar-refractivity contribution is -0.142. The molecule has 2 aliphatic heterocycles. The zero-order valence-corrected chi connectivity index (χ0v) is 12.1. The number of carbonyl (C=O) groups is 4. The SMILES string of the molecule is CCC1(N2C(=O)c3csc(N)c3C2=O)CCC(=O)NC1=O. The quantitative estimate of drug-likeness (QED) is 0.774. The van der Waals surface area contributed by atoms with Gasteiger partial charge in [0.1, 0.15) is 5.54 Å². The average molecular weight is 307 g/mol. The summed E-state index contributed by atoms with van der Waals surface area (Å²) < 4.78 is 0. The molecule has 1 aromatic heterocycles. The summed E-state index contributed by atoms with van der Waals surface area (Å²) in [5.41, 5.74) is 4.83. The number of nitrogens with two attached hydrogens (primary N) is 1. The van der Waals surface area contributed by atoms with Crippen LogP contribution in [0.5, 0.6) is 0 Å². The molecule has 0 aromatic carbocycles. The number of carbonyl (C=O) groups excluding carboxylic acids is 4. The Morgan fingerprint density at radius 2 is 2.05 bits per heavy atom. The number of imide groups is 2. The Morgan fingerprint density at radius 3 is 2.62 bits per heavy atom. The number of amides is 4. The van der Waals surface area contributed by atoms with Crippen molar-refractivity contribution in [3.63, 3.8) is 0 Å². The van der Waals surface area contributed by atoms with Gasteiger partial charge in [-0.2, -0.15) is 0 Å². The van der Waals surface area contributed by atoms with E-state index < -0.39 is 29.2 Å². The maximum absolute atomic E-state index is 12.5. The van der Waals surface area contributed by atoms with E-state index in [1.54, 1.807) is 6.92 Å². The second-order valence-corrected chi connectivity index (χ2v) is 6.01. The number of fused-ring (bicyclic) bond motifs is 1. The summed E-state index contributed by atoms with van der Waals surface area (Å²) in [5.74, 6) is -2.07. The number of thiophene rings is 1. The smallest absolute Gasteiger partial charge is 0.265 e. The lowest BCUT2D eigenvalue weighted by atomic mass is 9.84. The van der Waals surface area contributed by atoms with Gasteiger partial charge in [-0.3, -0.25) is 29.4 Å². The Bertz CT molecular complexity index is 696. The number of nitrogens with one attached hydrogen (secondary N) is 1. The van der Waals surface area contributed by atoms with Gasteiger partial charge in [-0.1, -0.05) is 6.92 Å². The van der Waals surface area contributed by atoms with Gasteiger partial charge in [0.15, 0.2) is 0 Å². The van der Waals surface area contributed by atoms with Crippen LogP contribution < -0.4 is 11.1 Å². The molecule has 4 amide bonds. The number of piperidine rings is 1. The lowest BCUT2D eigenvalue weighted by Crippen LogP contribution is -2.64. The molecular formula is C13H13N3O4S. The molecule has 21 heavy (non-hydrogen) atoms. The molecule has 7 nitrogen and oxygen atoms in total. The number of nitrogens with zero attached hydrogens (tertiary/aromatic N) is 1. The van der Waals surface area contributed by atoms with Crippen LogP contribution in [0.3, 0.4) is 0 Å².